The van der Waals surface area contributed by atoms with Gasteiger partial charge in [0.15, 0.2) is 0 Å². The Kier molecular flexibility index (Phi) is 5.62. The number of carbonyl (C=O) groups excluding carboxylic acids is 2. The summed E-state index contributed by atoms with van der Waals surface area (Å²) in [6.45, 7) is 5.70. The normalized spacial score (nSPS) is 11.5. The predicted molar refractivity (Wildman–Crippen MR) is 118 cm³/mol. The zero-order valence-corrected chi connectivity index (χ0v) is 17.6. The number of hydrogen-bond donors (Lipinski definition) is 0. The van der Waals surface area contributed by atoms with E-state index in [2.05, 4.69) is 0 Å². The van der Waals surface area contributed by atoms with Gasteiger partial charge in [0.05, 0.1) is 13.2 Å². The summed E-state index contributed by atoms with van der Waals surface area (Å²) >= 11 is 0. The highest BCUT2D eigenvalue weighted by Crippen LogP contribution is 2.35. The molecule has 0 atom stereocenters. The Morgan fingerprint density at radius 3 is 2.06 bits per heavy atom. The summed E-state index contributed by atoms with van der Waals surface area (Å²) < 4.78 is 22.2. The van der Waals surface area contributed by atoms with Crippen LogP contribution in [0.2, 0.25) is 0 Å². The average Bonchev–Trinajstić information content (AvgIpc) is 3.27. The Hall–Kier alpha value is -3.80. The summed E-state index contributed by atoms with van der Waals surface area (Å²) in [6.07, 6.45) is 3.60. The smallest absolute Gasteiger partial charge is 0.342 e. The molecule has 0 N–H and O–H groups in total. The summed E-state index contributed by atoms with van der Waals surface area (Å²) in [7, 11) is 0. The van der Waals surface area contributed by atoms with E-state index in [4.69, 9.17) is 18.3 Å². The zero-order valence-electron chi connectivity index (χ0n) is 17.6. The van der Waals surface area contributed by atoms with Crippen molar-refractivity contribution in [3.05, 3.63) is 70.7 Å². The molecule has 6 nitrogen and oxygen atoms in total. The Labute approximate surface area is 179 Å². The van der Waals surface area contributed by atoms with E-state index in [-0.39, 0.29) is 13.2 Å². The second-order valence-electron chi connectivity index (χ2n) is 6.90. The fourth-order valence-electron chi connectivity index (χ4n) is 3.55. The van der Waals surface area contributed by atoms with E-state index in [0.29, 0.717) is 44.6 Å². The minimum atomic E-state index is -0.484. The van der Waals surface area contributed by atoms with Crippen molar-refractivity contribution in [1.82, 2.24) is 0 Å². The molecular formula is C25H22O6. The number of benzene rings is 2. The molecule has 0 saturated carbocycles. The van der Waals surface area contributed by atoms with Gasteiger partial charge in [-0.25, -0.2) is 9.59 Å². The van der Waals surface area contributed by atoms with Gasteiger partial charge in [-0.2, -0.15) is 0 Å². The number of esters is 2. The molecule has 4 aromatic rings. The lowest BCUT2D eigenvalue weighted by molar-refractivity contribution is 0.0517. The second kappa shape index (κ2) is 8.52. The van der Waals surface area contributed by atoms with Crippen LogP contribution in [0.25, 0.3) is 34.1 Å². The SMILES string of the molecule is CCOC(=O)c1c(C)oc2cc3c(C(=O)OCC)c(/C=C/c4ccccc4)oc3cc12. The van der Waals surface area contributed by atoms with Crippen molar-refractivity contribution in [1.29, 1.82) is 0 Å². The summed E-state index contributed by atoms with van der Waals surface area (Å²) in [6, 6.07) is 13.1. The summed E-state index contributed by atoms with van der Waals surface area (Å²) in [4.78, 5) is 25.1. The Balaban J connectivity index is 1.90. The minimum Gasteiger partial charge on any atom is -0.462 e. The number of rotatable bonds is 6. The molecule has 2 aromatic heterocycles. The lowest BCUT2D eigenvalue weighted by Crippen LogP contribution is -2.05. The fourth-order valence-corrected chi connectivity index (χ4v) is 3.55. The van der Waals surface area contributed by atoms with E-state index < -0.39 is 11.9 Å². The molecule has 2 aromatic carbocycles. The third-order valence-corrected chi connectivity index (χ3v) is 4.89. The molecule has 0 saturated heterocycles. The van der Waals surface area contributed by atoms with Gasteiger partial charge in [-0.15, -0.1) is 0 Å². The molecule has 0 amide bonds. The Bertz CT molecular complexity index is 1290. The first kappa shape index (κ1) is 20.5. The van der Waals surface area contributed by atoms with Crippen molar-refractivity contribution in [2.24, 2.45) is 0 Å². The first-order valence-corrected chi connectivity index (χ1v) is 10.1. The monoisotopic (exact) mass is 418 g/mol. The van der Waals surface area contributed by atoms with Gasteiger partial charge in [0.1, 0.15) is 33.8 Å². The molecule has 31 heavy (non-hydrogen) atoms. The minimum absolute atomic E-state index is 0.239. The number of furan rings is 2. The van der Waals surface area contributed by atoms with Gasteiger partial charge in [0.2, 0.25) is 0 Å². The van der Waals surface area contributed by atoms with Crippen LogP contribution in [0.15, 0.2) is 51.3 Å². The molecule has 158 valence electrons. The summed E-state index contributed by atoms with van der Waals surface area (Å²) in [5, 5.41) is 1.13. The molecule has 0 spiro atoms. The van der Waals surface area contributed by atoms with Crippen LogP contribution >= 0.6 is 0 Å². The Morgan fingerprint density at radius 1 is 0.839 bits per heavy atom. The standard InChI is InChI=1S/C25H22O6/c1-4-28-24(26)22-15(3)30-20-14-18-21(13-17(20)22)31-19(23(18)25(27)29-5-2)12-11-16-9-7-6-8-10-16/h6-14H,4-5H2,1-3H3/b12-11+. The van der Waals surface area contributed by atoms with Gasteiger partial charge in [0.25, 0.3) is 0 Å². The van der Waals surface area contributed by atoms with Gasteiger partial charge >= 0.3 is 11.9 Å². The number of ether oxygens (including phenoxy) is 2. The maximum atomic E-state index is 12.7. The molecule has 2 heterocycles. The first-order chi connectivity index (χ1) is 15.0. The van der Waals surface area contributed by atoms with Crippen LogP contribution in [0.4, 0.5) is 0 Å². The van der Waals surface area contributed by atoms with Crippen LogP contribution in [0.1, 0.15) is 51.6 Å². The largest absolute Gasteiger partial charge is 0.462 e. The molecule has 0 radical (unpaired) electrons. The highest BCUT2D eigenvalue weighted by molar-refractivity contribution is 6.13. The van der Waals surface area contributed by atoms with Crippen LogP contribution in [-0.4, -0.2) is 25.2 Å². The topological polar surface area (TPSA) is 78.9 Å². The zero-order chi connectivity index (χ0) is 22.0. The Morgan fingerprint density at radius 2 is 1.42 bits per heavy atom. The lowest BCUT2D eigenvalue weighted by Gasteiger charge is -2.01. The summed E-state index contributed by atoms with van der Waals surface area (Å²) in [5.41, 5.74) is 2.56. The summed E-state index contributed by atoms with van der Waals surface area (Å²) in [5.74, 6) is -0.121. The third-order valence-electron chi connectivity index (χ3n) is 4.89. The maximum Gasteiger partial charge on any atom is 0.342 e. The molecule has 0 unspecified atom stereocenters. The number of fused-ring (bicyclic) bond motifs is 2. The lowest BCUT2D eigenvalue weighted by atomic mass is 10.1. The van der Waals surface area contributed by atoms with Crippen LogP contribution in [0.3, 0.4) is 0 Å². The molecule has 4 rings (SSSR count). The van der Waals surface area contributed by atoms with Gasteiger partial charge < -0.3 is 18.3 Å². The van der Waals surface area contributed by atoms with E-state index in [0.717, 1.165) is 5.56 Å². The molecule has 0 aliphatic heterocycles. The highest BCUT2D eigenvalue weighted by Gasteiger charge is 2.25. The van der Waals surface area contributed by atoms with E-state index in [1.807, 2.05) is 36.4 Å². The van der Waals surface area contributed by atoms with Crippen LogP contribution < -0.4 is 0 Å². The number of aryl methyl sites for hydroxylation is 1. The van der Waals surface area contributed by atoms with Gasteiger partial charge in [0, 0.05) is 10.8 Å². The molecule has 0 aliphatic carbocycles. The van der Waals surface area contributed by atoms with Crippen LogP contribution in [0, 0.1) is 6.92 Å². The quantitative estimate of drug-likeness (QED) is 0.357. The van der Waals surface area contributed by atoms with Crippen molar-refractivity contribution in [3.8, 4) is 0 Å². The van der Waals surface area contributed by atoms with Gasteiger partial charge in [-0.3, -0.25) is 0 Å². The fraction of sp³-hybridized carbons (Fsp3) is 0.200. The molecule has 0 fully saturated rings. The number of hydrogen-bond acceptors (Lipinski definition) is 6. The van der Waals surface area contributed by atoms with Crippen molar-refractivity contribution in [2.75, 3.05) is 13.2 Å². The number of carbonyl (C=O) groups is 2. The maximum absolute atomic E-state index is 12.7. The molecule has 0 aliphatic rings. The van der Waals surface area contributed by atoms with E-state index in [1.165, 1.54) is 0 Å². The van der Waals surface area contributed by atoms with E-state index in [9.17, 15) is 9.59 Å². The molecular weight excluding hydrogens is 396 g/mol. The van der Waals surface area contributed by atoms with E-state index >= 15 is 0 Å². The van der Waals surface area contributed by atoms with E-state index in [1.54, 1.807) is 39.0 Å². The predicted octanol–water partition coefficient (Wildman–Crippen LogP) is 6.01. The third kappa shape index (κ3) is 3.84. The van der Waals surface area contributed by atoms with Crippen molar-refractivity contribution >= 4 is 46.0 Å². The molecule has 0 bridgehead atoms. The second-order valence-corrected chi connectivity index (χ2v) is 6.90. The first-order valence-electron chi connectivity index (χ1n) is 10.1. The highest BCUT2D eigenvalue weighted by atomic mass is 16.5. The van der Waals surface area contributed by atoms with Gasteiger partial charge in [-0.05, 0) is 44.5 Å². The van der Waals surface area contributed by atoms with Crippen molar-refractivity contribution < 1.29 is 27.9 Å². The van der Waals surface area contributed by atoms with Crippen LogP contribution in [-0.2, 0) is 9.47 Å². The van der Waals surface area contributed by atoms with Crippen molar-refractivity contribution in [2.45, 2.75) is 20.8 Å². The van der Waals surface area contributed by atoms with Gasteiger partial charge in [-0.1, -0.05) is 36.4 Å². The average molecular weight is 418 g/mol. The van der Waals surface area contributed by atoms with Crippen molar-refractivity contribution in [3.63, 3.8) is 0 Å². The van der Waals surface area contributed by atoms with Crippen LogP contribution in [0.5, 0.6) is 0 Å². The molecule has 6 heteroatoms.